The maximum absolute atomic E-state index is 5.52. The lowest BCUT2D eigenvalue weighted by Gasteiger charge is -2.16. The van der Waals surface area contributed by atoms with Crippen molar-refractivity contribution >= 4 is 0 Å². The van der Waals surface area contributed by atoms with Gasteiger partial charge in [0.1, 0.15) is 0 Å². The van der Waals surface area contributed by atoms with Crippen molar-refractivity contribution in [2.75, 3.05) is 45.9 Å². The second-order valence-corrected chi connectivity index (χ2v) is 5.46. The lowest BCUT2D eigenvalue weighted by atomic mass is 10.0. The molecule has 0 saturated carbocycles. The van der Waals surface area contributed by atoms with E-state index in [2.05, 4.69) is 24.1 Å². The van der Waals surface area contributed by atoms with Gasteiger partial charge in [0.05, 0.1) is 6.61 Å². The molecular weight excluding hydrogens is 224 g/mol. The first-order valence-corrected chi connectivity index (χ1v) is 7.87. The zero-order valence-corrected chi connectivity index (χ0v) is 12.4. The van der Waals surface area contributed by atoms with E-state index in [1.807, 2.05) is 0 Å². The van der Waals surface area contributed by atoms with Crippen LogP contribution in [0.2, 0.25) is 0 Å². The van der Waals surface area contributed by atoms with Crippen LogP contribution < -0.4 is 5.32 Å². The second kappa shape index (κ2) is 10.8. The molecule has 1 aliphatic heterocycles. The van der Waals surface area contributed by atoms with Gasteiger partial charge in [-0.15, -0.1) is 0 Å². The minimum Gasteiger partial charge on any atom is -0.380 e. The summed E-state index contributed by atoms with van der Waals surface area (Å²) in [5.41, 5.74) is 0. The average molecular weight is 256 g/mol. The van der Waals surface area contributed by atoms with Crippen molar-refractivity contribution in [1.29, 1.82) is 0 Å². The van der Waals surface area contributed by atoms with Gasteiger partial charge in [0.15, 0.2) is 0 Å². The zero-order chi connectivity index (χ0) is 13.1. The molecule has 0 aromatic heterocycles. The van der Waals surface area contributed by atoms with Gasteiger partial charge in [-0.05, 0) is 31.7 Å². The van der Waals surface area contributed by atoms with Crippen LogP contribution in [-0.2, 0) is 4.74 Å². The highest BCUT2D eigenvalue weighted by Gasteiger charge is 2.20. The summed E-state index contributed by atoms with van der Waals surface area (Å²) in [6.07, 6.45) is 6.57. The summed E-state index contributed by atoms with van der Waals surface area (Å²) in [5, 5.41) is 3.47. The van der Waals surface area contributed by atoms with Gasteiger partial charge in [-0.1, -0.05) is 26.7 Å². The first kappa shape index (κ1) is 15.9. The summed E-state index contributed by atoms with van der Waals surface area (Å²) >= 11 is 0. The molecule has 0 aromatic carbocycles. The van der Waals surface area contributed by atoms with E-state index in [1.165, 1.54) is 51.7 Å². The number of likely N-dealkylation sites (tertiary alicyclic amines) is 1. The molecule has 3 nitrogen and oxygen atoms in total. The Balaban J connectivity index is 1.84. The van der Waals surface area contributed by atoms with E-state index in [0.29, 0.717) is 0 Å². The Kier molecular flexibility index (Phi) is 9.54. The number of nitrogens with one attached hydrogen (secondary N) is 1. The minimum atomic E-state index is 0.860. The number of nitrogens with zero attached hydrogens (tertiary/aromatic N) is 1. The summed E-state index contributed by atoms with van der Waals surface area (Å²) in [5.74, 6) is 0.965. The molecule has 3 heteroatoms. The summed E-state index contributed by atoms with van der Waals surface area (Å²) in [6, 6.07) is 0. The van der Waals surface area contributed by atoms with Crippen LogP contribution in [0.5, 0.6) is 0 Å². The first-order valence-electron chi connectivity index (χ1n) is 7.87. The third-order valence-electron chi connectivity index (χ3n) is 3.74. The van der Waals surface area contributed by atoms with Crippen LogP contribution in [0.15, 0.2) is 0 Å². The molecule has 108 valence electrons. The fourth-order valence-corrected chi connectivity index (χ4v) is 2.61. The third kappa shape index (κ3) is 7.34. The van der Waals surface area contributed by atoms with Crippen LogP contribution in [0, 0.1) is 5.92 Å². The molecule has 0 amide bonds. The lowest BCUT2D eigenvalue weighted by molar-refractivity contribution is 0.132. The molecule has 0 bridgehead atoms. The summed E-state index contributed by atoms with van der Waals surface area (Å²) in [7, 11) is 0. The Morgan fingerprint density at radius 2 is 2.06 bits per heavy atom. The Hall–Kier alpha value is -0.120. The van der Waals surface area contributed by atoms with Crippen molar-refractivity contribution < 1.29 is 4.74 Å². The van der Waals surface area contributed by atoms with E-state index in [4.69, 9.17) is 4.74 Å². The van der Waals surface area contributed by atoms with Crippen molar-refractivity contribution in [3.8, 4) is 0 Å². The molecule has 1 aliphatic rings. The molecule has 1 atom stereocenters. The van der Waals surface area contributed by atoms with Gasteiger partial charge >= 0.3 is 0 Å². The highest BCUT2D eigenvalue weighted by molar-refractivity contribution is 4.75. The molecule has 1 unspecified atom stereocenters. The molecule has 18 heavy (non-hydrogen) atoms. The normalized spacial score (nSPS) is 20.7. The van der Waals surface area contributed by atoms with Crippen molar-refractivity contribution in [2.45, 2.75) is 46.0 Å². The first-order chi connectivity index (χ1) is 8.86. The smallest absolute Gasteiger partial charge is 0.0590 e. The summed E-state index contributed by atoms with van der Waals surface area (Å²) in [6.45, 7) is 12.2. The molecule has 1 N–H and O–H groups in total. The van der Waals surface area contributed by atoms with Gasteiger partial charge in [0, 0.05) is 32.8 Å². The minimum absolute atomic E-state index is 0.860. The Bertz CT molecular complexity index is 187. The molecule has 0 aromatic rings. The van der Waals surface area contributed by atoms with Gasteiger partial charge in [-0.25, -0.2) is 0 Å². The Morgan fingerprint density at radius 1 is 1.17 bits per heavy atom. The predicted octanol–water partition coefficient (Wildman–Crippen LogP) is 2.51. The molecule has 1 fully saturated rings. The van der Waals surface area contributed by atoms with E-state index < -0.39 is 0 Å². The fraction of sp³-hybridized carbons (Fsp3) is 1.00. The standard InChI is InChI=1S/C15H32N2O/c1-3-5-12-18-13-9-16-8-11-17-10-7-15(14-17)6-4-2/h15-16H,3-14H2,1-2H3. The van der Waals surface area contributed by atoms with Gasteiger partial charge in [0.25, 0.3) is 0 Å². The van der Waals surface area contributed by atoms with Gasteiger partial charge in [-0.3, -0.25) is 0 Å². The van der Waals surface area contributed by atoms with Gasteiger partial charge in [-0.2, -0.15) is 0 Å². The topological polar surface area (TPSA) is 24.5 Å². The quantitative estimate of drug-likeness (QED) is 0.575. The van der Waals surface area contributed by atoms with E-state index in [0.717, 1.165) is 32.2 Å². The van der Waals surface area contributed by atoms with E-state index in [9.17, 15) is 0 Å². The van der Waals surface area contributed by atoms with Crippen molar-refractivity contribution in [3.63, 3.8) is 0 Å². The van der Waals surface area contributed by atoms with E-state index >= 15 is 0 Å². The molecule has 0 radical (unpaired) electrons. The monoisotopic (exact) mass is 256 g/mol. The fourth-order valence-electron chi connectivity index (χ4n) is 2.61. The second-order valence-electron chi connectivity index (χ2n) is 5.46. The van der Waals surface area contributed by atoms with Crippen molar-refractivity contribution in [3.05, 3.63) is 0 Å². The number of hydrogen-bond donors (Lipinski definition) is 1. The van der Waals surface area contributed by atoms with Crippen LogP contribution in [-0.4, -0.2) is 50.8 Å². The molecule has 0 aliphatic carbocycles. The Labute approximate surface area is 113 Å². The van der Waals surface area contributed by atoms with Crippen LogP contribution in [0.4, 0.5) is 0 Å². The highest BCUT2D eigenvalue weighted by Crippen LogP contribution is 2.19. The van der Waals surface area contributed by atoms with Crippen LogP contribution in [0.25, 0.3) is 0 Å². The highest BCUT2D eigenvalue weighted by atomic mass is 16.5. The molecule has 1 rings (SSSR count). The summed E-state index contributed by atoms with van der Waals surface area (Å²) in [4.78, 5) is 2.60. The van der Waals surface area contributed by atoms with E-state index in [-0.39, 0.29) is 0 Å². The zero-order valence-electron chi connectivity index (χ0n) is 12.4. The number of ether oxygens (including phenoxy) is 1. The number of hydrogen-bond acceptors (Lipinski definition) is 3. The maximum atomic E-state index is 5.52. The lowest BCUT2D eigenvalue weighted by Crippen LogP contribution is -2.32. The van der Waals surface area contributed by atoms with Crippen LogP contribution in [0.1, 0.15) is 46.0 Å². The SMILES string of the molecule is CCCCOCCNCCN1CCC(CCC)C1. The third-order valence-corrected chi connectivity index (χ3v) is 3.74. The molecule has 0 spiro atoms. The van der Waals surface area contributed by atoms with Crippen molar-refractivity contribution in [2.24, 2.45) is 5.92 Å². The van der Waals surface area contributed by atoms with Gasteiger partial charge < -0.3 is 15.0 Å². The molecule has 1 heterocycles. The number of unbranched alkanes of at least 4 members (excludes halogenated alkanes) is 1. The van der Waals surface area contributed by atoms with Gasteiger partial charge in [0.2, 0.25) is 0 Å². The predicted molar refractivity (Wildman–Crippen MR) is 78.1 cm³/mol. The van der Waals surface area contributed by atoms with Crippen molar-refractivity contribution in [1.82, 2.24) is 10.2 Å². The maximum Gasteiger partial charge on any atom is 0.0590 e. The largest absolute Gasteiger partial charge is 0.380 e. The average Bonchev–Trinajstić information content (AvgIpc) is 2.81. The Morgan fingerprint density at radius 3 is 2.83 bits per heavy atom. The van der Waals surface area contributed by atoms with Crippen LogP contribution >= 0.6 is 0 Å². The van der Waals surface area contributed by atoms with Crippen LogP contribution in [0.3, 0.4) is 0 Å². The summed E-state index contributed by atoms with van der Waals surface area (Å²) < 4.78 is 5.52. The van der Waals surface area contributed by atoms with E-state index in [1.54, 1.807) is 0 Å². The molecule has 1 saturated heterocycles. The number of rotatable bonds is 11. The molecular formula is C15H32N2O.